The van der Waals surface area contributed by atoms with Crippen LogP contribution in [-0.2, 0) is 0 Å². The fourth-order valence-corrected chi connectivity index (χ4v) is 2.94. The first-order valence-corrected chi connectivity index (χ1v) is 7.65. The average molecular weight is 283 g/mol. The predicted molar refractivity (Wildman–Crippen MR) is 81.0 cm³/mol. The lowest BCUT2D eigenvalue weighted by atomic mass is 9.98. The summed E-state index contributed by atoms with van der Waals surface area (Å²) in [6, 6.07) is 0. The standard InChI is InChI=1S/C16H20Cl2/c17-15(13-7-3-1-4-8-13)11-12-16(18)14-9-5-2-6-10-14/h7,9,11-12H,1-6,8,10H2/b15-11-,16-12-. The molecule has 2 rings (SSSR count). The lowest BCUT2D eigenvalue weighted by Gasteiger charge is -2.12. The Morgan fingerprint density at radius 3 is 1.56 bits per heavy atom. The quantitative estimate of drug-likeness (QED) is 0.538. The molecule has 0 spiro atoms. The zero-order chi connectivity index (χ0) is 12.8. The van der Waals surface area contributed by atoms with E-state index in [1.165, 1.54) is 36.8 Å². The van der Waals surface area contributed by atoms with E-state index in [4.69, 9.17) is 23.2 Å². The Kier molecular flexibility index (Phi) is 5.59. The van der Waals surface area contributed by atoms with Crippen molar-refractivity contribution in [1.29, 1.82) is 0 Å². The molecule has 0 saturated heterocycles. The number of hydrogen-bond acceptors (Lipinski definition) is 0. The zero-order valence-electron chi connectivity index (χ0n) is 10.7. The topological polar surface area (TPSA) is 0 Å². The highest BCUT2D eigenvalue weighted by Crippen LogP contribution is 2.29. The summed E-state index contributed by atoms with van der Waals surface area (Å²) >= 11 is 12.6. The first-order valence-electron chi connectivity index (χ1n) is 6.89. The van der Waals surface area contributed by atoms with Gasteiger partial charge in [0.05, 0.1) is 0 Å². The van der Waals surface area contributed by atoms with Crippen molar-refractivity contribution in [3.63, 3.8) is 0 Å². The van der Waals surface area contributed by atoms with E-state index in [2.05, 4.69) is 12.2 Å². The van der Waals surface area contributed by atoms with Crippen LogP contribution in [0.2, 0.25) is 0 Å². The monoisotopic (exact) mass is 282 g/mol. The lowest BCUT2D eigenvalue weighted by Crippen LogP contribution is -1.93. The molecular formula is C16H20Cl2. The van der Waals surface area contributed by atoms with Crippen molar-refractivity contribution < 1.29 is 0 Å². The van der Waals surface area contributed by atoms with E-state index >= 15 is 0 Å². The molecule has 2 heteroatoms. The molecule has 2 aliphatic rings. The van der Waals surface area contributed by atoms with Gasteiger partial charge in [0.15, 0.2) is 0 Å². The largest absolute Gasteiger partial charge is 0.0841 e. The second-order valence-electron chi connectivity index (χ2n) is 4.98. The summed E-state index contributed by atoms with van der Waals surface area (Å²) in [5.74, 6) is 0. The van der Waals surface area contributed by atoms with E-state index in [1.54, 1.807) is 0 Å². The molecule has 98 valence electrons. The second-order valence-corrected chi connectivity index (χ2v) is 5.79. The third-order valence-corrected chi connectivity index (χ3v) is 4.31. The van der Waals surface area contributed by atoms with E-state index in [0.717, 1.165) is 35.7 Å². The van der Waals surface area contributed by atoms with E-state index < -0.39 is 0 Å². The Hall–Kier alpha value is -0.460. The minimum absolute atomic E-state index is 0.851. The van der Waals surface area contributed by atoms with Gasteiger partial charge < -0.3 is 0 Å². The molecule has 0 radical (unpaired) electrons. The molecule has 2 aliphatic carbocycles. The Bertz CT molecular complexity index is 371. The molecule has 0 aromatic heterocycles. The summed E-state index contributed by atoms with van der Waals surface area (Å²) < 4.78 is 0. The van der Waals surface area contributed by atoms with E-state index in [1.807, 2.05) is 12.2 Å². The maximum atomic E-state index is 6.31. The van der Waals surface area contributed by atoms with Crippen LogP contribution in [0.25, 0.3) is 0 Å². The second kappa shape index (κ2) is 7.21. The number of rotatable bonds is 3. The Balaban J connectivity index is 2.03. The summed E-state index contributed by atoms with van der Waals surface area (Å²) in [6.07, 6.45) is 18.0. The molecular weight excluding hydrogens is 263 g/mol. The van der Waals surface area contributed by atoms with Crippen LogP contribution in [-0.4, -0.2) is 0 Å². The van der Waals surface area contributed by atoms with Gasteiger partial charge in [0, 0.05) is 10.1 Å². The molecule has 0 aliphatic heterocycles. The van der Waals surface area contributed by atoms with Crippen molar-refractivity contribution in [2.75, 3.05) is 0 Å². The van der Waals surface area contributed by atoms with E-state index in [0.29, 0.717) is 0 Å². The highest BCUT2D eigenvalue weighted by atomic mass is 35.5. The molecule has 18 heavy (non-hydrogen) atoms. The Morgan fingerprint density at radius 2 is 1.22 bits per heavy atom. The number of allylic oxidation sites excluding steroid dienone is 8. The van der Waals surface area contributed by atoms with Crippen LogP contribution in [0.1, 0.15) is 51.4 Å². The van der Waals surface area contributed by atoms with Gasteiger partial charge in [-0.25, -0.2) is 0 Å². The molecule has 0 aromatic carbocycles. The van der Waals surface area contributed by atoms with Crippen molar-refractivity contribution in [3.8, 4) is 0 Å². The van der Waals surface area contributed by atoms with Crippen molar-refractivity contribution in [3.05, 3.63) is 45.5 Å². The fourth-order valence-electron chi connectivity index (χ4n) is 2.47. The van der Waals surface area contributed by atoms with Gasteiger partial charge in [-0.2, -0.15) is 0 Å². The van der Waals surface area contributed by atoms with Crippen LogP contribution in [0.4, 0.5) is 0 Å². The fraction of sp³-hybridized carbons (Fsp3) is 0.500. The van der Waals surface area contributed by atoms with Crippen molar-refractivity contribution in [2.45, 2.75) is 51.4 Å². The molecule has 0 saturated carbocycles. The third-order valence-electron chi connectivity index (χ3n) is 3.57. The molecule has 0 aromatic rings. The van der Waals surface area contributed by atoms with Gasteiger partial charge in [-0.05, 0) is 74.7 Å². The third kappa shape index (κ3) is 4.03. The van der Waals surface area contributed by atoms with Crippen molar-refractivity contribution in [1.82, 2.24) is 0 Å². The molecule has 0 nitrogen and oxygen atoms in total. The van der Waals surface area contributed by atoms with Gasteiger partial charge in [-0.3, -0.25) is 0 Å². The van der Waals surface area contributed by atoms with Gasteiger partial charge in [-0.1, -0.05) is 35.4 Å². The van der Waals surface area contributed by atoms with Crippen LogP contribution in [0.5, 0.6) is 0 Å². The predicted octanol–water partition coefficient (Wildman–Crippen LogP) is 6.23. The van der Waals surface area contributed by atoms with E-state index in [9.17, 15) is 0 Å². The van der Waals surface area contributed by atoms with Crippen LogP contribution in [0.3, 0.4) is 0 Å². The first kappa shape index (κ1) is 14.0. The maximum Gasteiger partial charge on any atom is 0.0435 e. The molecule has 0 N–H and O–H groups in total. The SMILES string of the molecule is Cl/C(=C\C=C(/Cl)C1=CCCCC1)C1=CCCCC1. The maximum absolute atomic E-state index is 6.31. The smallest absolute Gasteiger partial charge is 0.0435 e. The number of hydrogen-bond donors (Lipinski definition) is 0. The average Bonchev–Trinajstić information content (AvgIpc) is 2.46. The molecule has 0 bridgehead atoms. The molecule has 0 amide bonds. The summed E-state index contributed by atoms with van der Waals surface area (Å²) in [6.45, 7) is 0. The summed E-state index contributed by atoms with van der Waals surface area (Å²) in [5.41, 5.74) is 2.56. The summed E-state index contributed by atoms with van der Waals surface area (Å²) in [4.78, 5) is 0. The summed E-state index contributed by atoms with van der Waals surface area (Å²) in [5, 5.41) is 1.70. The first-order chi connectivity index (χ1) is 8.77. The molecule has 0 heterocycles. The highest BCUT2D eigenvalue weighted by Gasteiger charge is 2.08. The number of halogens is 2. The van der Waals surface area contributed by atoms with Crippen molar-refractivity contribution in [2.24, 2.45) is 0 Å². The van der Waals surface area contributed by atoms with E-state index in [-0.39, 0.29) is 0 Å². The van der Waals surface area contributed by atoms with Crippen LogP contribution < -0.4 is 0 Å². The zero-order valence-corrected chi connectivity index (χ0v) is 12.2. The molecule has 0 unspecified atom stereocenters. The van der Waals surface area contributed by atoms with Gasteiger partial charge in [0.25, 0.3) is 0 Å². The molecule has 0 atom stereocenters. The Morgan fingerprint density at radius 1 is 0.778 bits per heavy atom. The van der Waals surface area contributed by atoms with Gasteiger partial charge >= 0.3 is 0 Å². The van der Waals surface area contributed by atoms with Gasteiger partial charge in [-0.15, -0.1) is 0 Å². The lowest BCUT2D eigenvalue weighted by molar-refractivity contribution is 0.709. The Labute approximate surface area is 120 Å². The van der Waals surface area contributed by atoms with Crippen LogP contribution in [0.15, 0.2) is 45.5 Å². The van der Waals surface area contributed by atoms with Gasteiger partial charge in [0.1, 0.15) is 0 Å². The van der Waals surface area contributed by atoms with Crippen LogP contribution >= 0.6 is 23.2 Å². The highest BCUT2D eigenvalue weighted by molar-refractivity contribution is 6.33. The van der Waals surface area contributed by atoms with Gasteiger partial charge in [0.2, 0.25) is 0 Å². The van der Waals surface area contributed by atoms with Crippen molar-refractivity contribution >= 4 is 23.2 Å². The molecule has 0 fully saturated rings. The summed E-state index contributed by atoms with van der Waals surface area (Å²) in [7, 11) is 0. The minimum Gasteiger partial charge on any atom is -0.0841 e. The van der Waals surface area contributed by atoms with Crippen LogP contribution in [0, 0.1) is 0 Å². The normalized spacial score (nSPS) is 22.6. The minimum atomic E-state index is 0.851.